The van der Waals surface area contributed by atoms with Gasteiger partial charge in [-0.25, -0.2) is 4.98 Å². The number of thiophene rings is 1. The molecule has 1 amide bonds. The Hall–Kier alpha value is -2.14. The highest BCUT2D eigenvalue weighted by Crippen LogP contribution is 2.18. The summed E-state index contributed by atoms with van der Waals surface area (Å²) in [6, 6.07) is 9.70. The molecule has 0 saturated carbocycles. The molecule has 0 radical (unpaired) electrons. The predicted molar refractivity (Wildman–Crippen MR) is 78.6 cm³/mol. The fourth-order valence-corrected chi connectivity index (χ4v) is 2.72. The number of benzene rings is 1. The number of para-hydroxylation sites is 1. The number of carbonyl (C=O) groups excluding carboxylic acids is 1. The van der Waals surface area contributed by atoms with Gasteiger partial charge in [-0.1, -0.05) is 18.2 Å². The van der Waals surface area contributed by atoms with Crippen molar-refractivity contribution in [2.75, 3.05) is 0 Å². The predicted octanol–water partition coefficient (Wildman–Crippen LogP) is 3.06. The molecular formula is C15H14N2O2S. The molecule has 0 aliphatic rings. The summed E-state index contributed by atoms with van der Waals surface area (Å²) in [7, 11) is 0. The Morgan fingerprint density at radius 1 is 1.35 bits per heavy atom. The molecule has 5 heteroatoms. The Kier molecular flexibility index (Phi) is 3.52. The second kappa shape index (κ2) is 5.46. The number of oxazole rings is 1. The molecule has 20 heavy (non-hydrogen) atoms. The molecule has 2 aromatic heterocycles. The Labute approximate surface area is 120 Å². The molecule has 1 N–H and O–H groups in total. The number of nitrogens with one attached hydrogen (secondary N) is 1. The van der Waals surface area contributed by atoms with Gasteiger partial charge in [0.25, 0.3) is 0 Å². The van der Waals surface area contributed by atoms with E-state index in [-0.39, 0.29) is 5.91 Å². The first-order valence-electron chi connectivity index (χ1n) is 6.36. The van der Waals surface area contributed by atoms with Crippen LogP contribution in [-0.4, -0.2) is 10.9 Å². The lowest BCUT2D eigenvalue weighted by atomic mass is 10.2. The van der Waals surface area contributed by atoms with Gasteiger partial charge in [0, 0.05) is 4.88 Å². The lowest BCUT2D eigenvalue weighted by Gasteiger charge is -2.00. The van der Waals surface area contributed by atoms with Crippen molar-refractivity contribution in [3.63, 3.8) is 0 Å². The van der Waals surface area contributed by atoms with Crippen LogP contribution in [0.15, 0.2) is 40.1 Å². The monoisotopic (exact) mass is 286 g/mol. The normalized spacial score (nSPS) is 10.8. The Morgan fingerprint density at radius 3 is 3.00 bits per heavy atom. The van der Waals surface area contributed by atoms with Crippen LogP contribution < -0.4 is 5.32 Å². The quantitative estimate of drug-likeness (QED) is 0.802. The largest absolute Gasteiger partial charge is 0.439 e. The van der Waals surface area contributed by atoms with E-state index in [0.717, 1.165) is 21.5 Å². The van der Waals surface area contributed by atoms with E-state index in [1.807, 2.05) is 42.6 Å². The van der Waals surface area contributed by atoms with E-state index in [4.69, 9.17) is 4.42 Å². The van der Waals surface area contributed by atoms with E-state index in [2.05, 4.69) is 10.3 Å². The van der Waals surface area contributed by atoms with Gasteiger partial charge >= 0.3 is 0 Å². The van der Waals surface area contributed by atoms with Crippen LogP contribution in [0, 0.1) is 6.92 Å². The number of aryl methyl sites for hydroxylation is 1. The lowest BCUT2D eigenvalue weighted by Crippen LogP contribution is -2.24. The minimum Gasteiger partial charge on any atom is -0.439 e. The average Bonchev–Trinajstić information content (AvgIpc) is 3.06. The third-order valence-electron chi connectivity index (χ3n) is 3.02. The molecule has 0 aliphatic heterocycles. The van der Waals surface area contributed by atoms with E-state index in [1.165, 1.54) is 0 Å². The molecule has 0 atom stereocenters. The van der Waals surface area contributed by atoms with Crippen molar-refractivity contribution < 1.29 is 9.21 Å². The van der Waals surface area contributed by atoms with Gasteiger partial charge in [0.2, 0.25) is 11.8 Å². The maximum atomic E-state index is 11.8. The molecule has 2 heterocycles. The van der Waals surface area contributed by atoms with Gasteiger partial charge in [0.1, 0.15) is 5.52 Å². The smallest absolute Gasteiger partial charge is 0.225 e. The number of fused-ring (bicyclic) bond motifs is 1. The highest BCUT2D eigenvalue weighted by molar-refractivity contribution is 7.10. The highest BCUT2D eigenvalue weighted by atomic mass is 32.1. The molecule has 0 unspecified atom stereocenters. The van der Waals surface area contributed by atoms with Crippen molar-refractivity contribution >= 4 is 28.3 Å². The van der Waals surface area contributed by atoms with Crippen LogP contribution in [0.3, 0.4) is 0 Å². The Balaban J connectivity index is 1.65. The number of amides is 1. The van der Waals surface area contributed by atoms with Gasteiger partial charge in [-0.2, -0.15) is 0 Å². The van der Waals surface area contributed by atoms with Crippen LogP contribution in [0.1, 0.15) is 16.3 Å². The maximum absolute atomic E-state index is 11.8. The van der Waals surface area contributed by atoms with Gasteiger partial charge < -0.3 is 9.73 Å². The van der Waals surface area contributed by atoms with Crippen LogP contribution in [0.4, 0.5) is 0 Å². The van der Waals surface area contributed by atoms with E-state index < -0.39 is 0 Å². The van der Waals surface area contributed by atoms with Crippen molar-refractivity contribution in [1.29, 1.82) is 0 Å². The van der Waals surface area contributed by atoms with Crippen molar-refractivity contribution in [3.8, 4) is 0 Å². The highest BCUT2D eigenvalue weighted by Gasteiger charge is 2.09. The van der Waals surface area contributed by atoms with Crippen molar-refractivity contribution in [3.05, 3.63) is 52.0 Å². The zero-order chi connectivity index (χ0) is 13.9. The van der Waals surface area contributed by atoms with Crippen molar-refractivity contribution in [1.82, 2.24) is 10.3 Å². The van der Waals surface area contributed by atoms with Crippen LogP contribution >= 0.6 is 11.3 Å². The zero-order valence-electron chi connectivity index (χ0n) is 11.1. The summed E-state index contributed by atoms with van der Waals surface area (Å²) in [6.45, 7) is 2.31. The average molecular weight is 286 g/mol. The van der Waals surface area contributed by atoms with E-state index in [0.29, 0.717) is 18.9 Å². The number of aromatic nitrogens is 1. The standard InChI is InChI=1S/C15H14N2O2S/c1-10-4-2-6-12-15(10)17-14(19-12)9-16-13(18)8-11-5-3-7-20-11/h2-7H,8-9H2,1H3,(H,16,18). The SMILES string of the molecule is Cc1cccc2oc(CNC(=O)Cc3cccs3)nc12. The molecule has 0 bridgehead atoms. The summed E-state index contributed by atoms with van der Waals surface area (Å²) in [5.74, 6) is 0.514. The molecule has 0 fully saturated rings. The molecule has 0 saturated heterocycles. The van der Waals surface area contributed by atoms with Gasteiger partial charge in [-0.3, -0.25) is 4.79 Å². The summed E-state index contributed by atoms with van der Waals surface area (Å²) >= 11 is 1.58. The van der Waals surface area contributed by atoms with Crippen molar-refractivity contribution in [2.45, 2.75) is 19.9 Å². The molecule has 3 aromatic rings. The number of hydrogen-bond acceptors (Lipinski definition) is 4. The third kappa shape index (κ3) is 2.72. The summed E-state index contributed by atoms with van der Waals surface area (Å²) in [5, 5.41) is 4.79. The molecule has 0 aliphatic carbocycles. The Morgan fingerprint density at radius 2 is 2.25 bits per heavy atom. The summed E-state index contributed by atoms with van der Waals surface area (Å²) in [6.07, 6.45) is 0.400. The molecule has 0 spiro atoms. The fourth-order valence-electron chi connectivity index (χ4n) is 2.02. The van der Waals surface area contributed by atoms with Crippen LogP contribution in [0.2, 0.25) is 0 Å². The zero-order valence-corrected chi connectivity index (χ0v) is 11.9. The minimum absolute atomic E-state index is 0.0218. The number of nitrogens with zero attached hydrogens (tertiary/aromatic N) is 1. The number of rotatable bonds is 4. The summed E-state index contributed by atoms with van der Waals surface area (Å²) in [4.78, 5) is 17.2. The van der Waals surface area contributed by atoms with Gasteiger partial charge in [-0.05, 0) is 30.0 Å². The Bertz CT molecular complexity index is 732. The fraction of sp³-hybridized carbons (Fsp3) is 0.200. The molecular weight excluding hydrogens is 272 g/mol. The molecule has 4 nitrogen and oxygen atoms in total. The topological polar surface area (TPSA) is 55.1 Å². The van der Waals surface area contributed by atoms with Gasteiger partial charge in [0.15, 0.2) is 5.58 Å². The van der Waals surface area contributed by atoms with Crippen LogP contribution in [0.5, 0.6) is 0 Å². The van der Waals surface area contributed by atoms with Crippen LogP contribution in [-0.2, 0) is 17.8 Å². The third-order valence-corrected chi connectivity index (χ3v) is 3.89. The van der Waals surface area contributed by atoms with Gasteiger partial charge in [-0.15, -0.1) is 11.3 Å². The van der Waals surface area contributed by atoms with E-state index >= 15 is 0 Å². The number of hydrogen-bond donors (Lipinski definition) is 1. The maximum Gasteiger partial charge on any atom is 0.225 e. The summed E-state index contributed by atoms with van der Waals surface area (Å²) < 4.78 is 5.61. The second-order valence-corrected chi connectivity index (χ2v) is 5.59. The summed E-state index contributed by atoms with van der Waals surface area (Å²) in [5.41, 5.74) is 2.69. The first-order chi connectivity index (χ1) is 9.72. The van der Waals surface area contributed by atoms with Crippen molar-refractivity contribution in [2.24, 2.45) is 0 Å². The second-order valence-electron chi connectivity index (χ2n) is 4.56. The van der Waals surface area contributed by atoms with E-state index in [9.17, 15) is 4.79 Å². The molecule has 3 rings (SSSR count). The number of carbonyl (C=O) groups is 1. The lowest BCUT2D eigenvalue weighted by molar-refractivity contribution is -0.120. The first-order valence-corrected chi connectivity index (χ1v) is 7.24. The van der Waals surface area contributed by atoms with E-state index in [1.54, 1.807) is 11.3 Å². The first kappa shape index (κ1) is 12.9. The molecule has 102 valence electrons. The minimum atomic E-state index is -0.0218. The van der Waals surface area contributed by atoms with Gasteiger partial charge in [0.05, 0.1) is 13.0 Å². The molecule has 1 aromatic carbocycles. The van der Waals surface area contributed by atoms with Crippen LogP contribution in [0.25, 0.3) is 11.1 Å².